The van der Waals surface area contributed by atoms with Crippen LogP contribution in [0.15, 0.2) is 30.9 Å². The van der Waals surface area contributed by atoms with E-state index in [1.54, 1.807) is 7.11 Å². The van der Waals surface area contributed by atoms with Gasteiger partial charge in [-0.05, 0) is 42.9 Å². The molecule has 0 aromatic heterocycles. The molecule has 1 aromatic rings. The highest BCUT2D eigenvalue weighted by Gasteiger charge is 2.31. The number of amides is 1. The normalized spacial score (nSPS) is 14.3. The second kappa shape index (κ2) is 9.43. The molecule has 1 aliphatic carbocycles. The van der Waals surface area contributed by atoms with E-state index in [0.29, 0.717) is 24.0 Å². The monoisotopic (exact) mass is 340 g/mol. The molecule has 6 heteroatoms. The number of rotatable bonds is 9. The van der Waals surface area contributed by atoms with Crippen molar-refractivity contribution in [3.63, 3.8) is 0 Å². The Balaban J connectivity index is 0.00000264. The van der Waals surface area contributed by atoms with Gasteiger partial charge in [-0.15, -0.1) is 19.0 Å². The number of hydrogen-bond acceptors (Lipinski definition) is 4. The molecule has 5 nitrogen and oxygen atoms in total. The number of allylic oxidation sites excluding steroid dienone is 1. The molecule has 0 bridgehead atoms. The number of nitrogens with two attached hydrogens (primary N) is 1. The first-order valence-corrected chi connectivity index (χ1v) is 7.58. The van der Waals surface area contributed by atoms with E-state index in [4.69, 9.17) is 15.2 Å². The molecule has 1 amide bonds. The minimum atomic E-state index is -0.153. The van der Waals surface area contributed by atoms with Gasteiger partial charge in [0, 0.05) is 12.6 Å². The highest BCUT2D eigenvalue weighted by Crippen LogP contribution is 2.32. The van der Waals surface area contributed by atoms with Crippen LogP contribution in [0.5, 0.6) is 11.5 Å². The maximum Gasteiger partial charge on any atom is 0.258 e. The summed E-state index contributed by atoms with van der Waals surface area (Å²) in [7, 11) is 1.58. The molecule has 1 saturated carbocycles. The molecule has 1 atom stereocenters. The van der Waals surface area contributed by atoms with Gasteiger partial charge in [-0.2, -0.15) is 0 Å². The largest absolute Gasteiger partial charge is 0.493 e. The molecule has 0 heterocycles. The molecule has 1 aromatic carbocycles. The van der Waals surface area contributed by atoms with Crippen LogP contribution in [0, 0.1) is 5.92 Å². The van der Waals surface area contributed by atoms with Crippen molar-refractivity contribution < 1.29 is 14.3 Å². The van der Waals surface area contributed by atoms with Crippen molar-refractivity contribution in [2.45, 2.75) is 25.3 Å². The molecular formula is C17H25ClN2O3. The van der Waals surface area contributed by atoms with Crippen molar-refractivity contribution in [2.24, 2.45) is 11.7 Å². The van der Waals surface area contributed by atoms with Crippen molar-refractivity contribution in [1.82, 2.24) is 5.32 Å². The molecule has 0 spiro atoms. The van der Waals surface area contributed by atoms with Gasteiger partial charge in [-0.3, -0.25) is 4.79 Å². The summed E-state index contributed by atoms with van der Waals surface area (Å²) in [5, 5.41) is 2.93. The van der Waals surface area contributed by atoms with Gasteiger partial charge in [0.1, 0.15) is 0 Å². The topological polar surface area (TPSA) is 73.6 Å². The molecule has 0 aliphatic heterocycles. The van der Waals surface area contributed by atoms with Crippen LogP contribution in [-0.4, -0.2) is 32.2 Å². The van der Waals surface area contributed by atoms with Crippen molar-refractivity contribution in [2.75, 3.05) is 20.3 Å². The number of nitrogens with one attached hydrogen (secondary N) is 1. The Hall–Kier alpha value is -1.72. The third-order valence-corrected chi connectivity index (χ3v) is 3.76. The van der Waals surface area contributed by atoms with Crippen LogP contribution in [0.1, 0.15) is 18.4 Å². The summed E-state index contributed by atoms with van der Waals surface area (Å²) in [6.07, 6.45) is 4.87. The molecule has 0 radical (unpaired) electrons. The Morgan fingerprint density at radius 1 is 1.48 bits per heavy atom. The van der Waals surface area contributed by atoms with Crippen LogP contribution < -0.4 is 20.5 Å². The van der Waals surface area contributed by atoms with Gasteiger partial charge in [0.2, 0.25) is 0 Å². The lowest BCUT2D eigenvalue weighted by atomic mass is 10.1. The van der Waals surface area contributed by atoms with Crippen LogP contribution in [0.2, 0.25) is 0 Å². The Morgan fingerprint density at radius 2 is 2.22 bits per heavy atom. The summed E-state index contributed by atoms with van der Waals surface area (Å²) in [4.78, 5) is 11.9. The van der Waals surface area contributed by atoms with E-state index >= 15 is 0 Å². The lowest BCUT2D eigenvalue weighted by Gasteiger charge is -2.17. The quantitative estimate of drug-likeness (QED) is 0.675. The number of ether oxygens (including phenoxy) is 2. The van der Waals surface area contributed by atoms with E-state index in [9.17, 15) is 4.79 Å². The van der Waals surface area contributed by atoms with E-state index in [0.717, 1.165) is 24.8 Å². The van der Waals surface area contributed by atoms with Crippen LogP contribution >= 0.6 is 12.4 Å². The zero-order valence-electron chi connectivity index (χ0n) is 13.4. The molecule has 3 N–H and O–H groups in total. The summed E-state index contributed by atoms with van der Waals surface area (Å²) in [6.45, 7) is 4.14. The first kappa shape index (κ1) is 19.3. The molecule has 1 aliphatic rings. The molecule has 1 unspecified atom stereocenters. The second-order valence-corrected chi connectivity index (χ2v) is 5.51. The summed E-state index contributed by atoms with van der Waals surface area (Å²) < 4.78 is 10.9. The van der Waals surface area contributed by atoms with Gasteiger partial charge in [0.25, 0.3) is 5.91 Å². The summed E-state index contributed by atoms with van der Waals surface area (Å²) >= 11 is 0. The number of methoxy groups -OCH3 is 1. The zero-order chi connectivity index (χ0) is 15.9. The second-order valence-electron chi connectivity index (χ2n) is 5.51. The Morgan fingerprint density at radius 3 is 2.78 bits per heavy atom. The maximum absolute atomic E-state index is 11.9. The van der Waals surface area contributed by atoms with E-state index in [-0.39, 0.29) is 31.0 Å². The molecular weight excluding hydrogens is 316 g/mol. The number of halogens is 1. The van der Waals surface area contributed by atoms with Crippen LogP contribution in [0.25, 0.3) is 0 Å². The lowest BCUT2D eigenvalue weighted by molar-refractivity contribution is -0.123. The van der Waals surface area contributed by atoms with Gasteiger partial charge in [0.05, 0.1) is 7.11 Å². The van der Waals surface area contributed by atoms with E-state index in [1.165, 1.54) is 0 Å². The third kappa shape index (κ3) is 5.77. The fourth-order valence-corrected chi connectivity index (χ4v) is 2.38. The number of benzene rings is 1. The molecule has 23 heavy (non-hydrogen) atoms. The first-order chi connectivity index (χ1) is 10.7. The highest BCUT2D eigenvalue weighted by atomic mass is 35.5. The van der Waals surface area contributed by atoms with Crippen molar-refractivity contribution in [3.8, 4) is 11.5 Å². The Labute approximate surface area is 143 Å². The fourth-order valence-electron chi connectivity index (χ4n) is 2.38. The summed E-state index contributed by atoms with van der Waals surface area (Å²) in [5.74, 6) is 1.55. The van der Waals surface area contributed by atoms with Crippen LogP contribution in [-0.2, 0) is 11.2 Å². The summed E-state index contributed by atoms with van der Waals surface area (Å²) in [5.41, 5.74) is 6.76. The molecule has 128 valence electrons. The molecule has 2 rings (SSSR count). The standard InChI is InChI=1S/C17H24N2O3.ClH/c1-3-4-12-5-8-15(16(9-12)21-2)22-11-17(20)19-14(10-18)13-6-7-13;/h3,5,8-9,13-14H,1,4,6-7,10-11,18H2,2H3,(H,19,20);1H. The van der Waals surface area contributed by atoms with Gasteiger partial charge in [-0.1, -0.05) is 12.1 Å². The van der Waals surface area contributed by atoms with E-state index in [2.05, 4.69) is 11.9 Å². The minimum Gasteiger partial charge on any atom is -0.493 e. The Bertz CT molecular complexity index is 533. The van der Waals surface area contributed by atoms with Gasteiger partial charge >= 0.3 is 0 Å². The Kier molecular flexibility index (Phi) is 7.92. The maximum atomic E-state index is 11.9. The van der Waals surface area contributed by atoms with Gasteiger partial charge < -0.3 is 20.5 Å². The van der Waals surface area contributed by atoms with E-state index in [1.807, 2.05) is 24.3 Å². The predicted octanol–water partition coefficient (Wildman–Crippen LogP) is 2.08. The van der Waals surface area contributed by atoms with Gasteiger partial charge in [0.15, 0.2) is 18.1 Å². The van der Waals surface area contributed by atoms with E-state index < -0.39 is 0 Å². The SMILES string of the molecule is C=CCc1ccc(OCC(=O)NC(CN)C2CC2)c(OC)c1.Cl. The van der Waals surface area contributed by atoms with Crippen molar-refractivity contribution in [1.29, 1.82) is 0 Å². The van der Waals surface area contributed by atoms with Crippen LogP contribution in [0.4, 0.5) is 0 Å². The lowest BCUT2D eigenvalue weighted by Crippen LogP contribution is -2.43. The average molecular weight is 341 g/mol. The smallest absolute Gasteiger partial charge is 0.258 e. The number of carbonyl (C=O) groups is 1. The number of hydrogen-bond donors (Lipinski definition) is 2. The third-order valence-electron chi connectivity index (χ3n) is 3.76. The minimum absolute atomic E-state index is 0. The average Bonchev–Trinajstić information content (AvgIpc) is 3.36. The fraction of sp³-hybridized carbons (Fsp3) is 0.471. The highest BCUT2D eigenvalue weighted by molar-refractivity contribution is 5.85. The van der Waals surface area contributed by atoms with Crippen molar-refractivity contribution >= 4 is 18.3 Å². The first-order valence-electron chi connectivity index (χ1n) is 7.58. The van der Waals surface area contributed by atoms with Crippen LogP contribution in [0.3, 0.4) is 0 Å². The zero-order valence-corrected chi connectivity index (χ0v) is 14.2. The van der Waals surface area contributed by atoms with Crippen molar-refractivity contribution in [3.05, 3.63) is 36.4 Å². The molecule has 0 saturated heterocycles. The molecule has 1 fully saturated rings. The van der Waals surface area contributed by atoms with Gasteiger partial charge in [-0.25, -0.2) is 0 Å². The number of carbonyl (C=O) groups excluding carboxylic acids is 1. The predicted molar refractivity (Wildman–Crippen MR) is 93.3 cm³/mol. The summed E-state index contributed by atoms with van der Waals surface area (Å²) in [6, 6.07) is 5.70.